The van der Waals surface area contributed by atoms with Crippen LogP contribution in [0.25, 0.3) is 0 Å². The lowest BCUT2D eigenvalue weighted by molar-refractivity contribution is 0.0839. The number of amides is 1. The molecule has 2 bridgehead atoms. The van der Waals surface area contributed by atoms with Crippen LogP contribution in [0, 0.1) is 0 Å². The molecule has 2 aliphatic rings. The van der Waals surface area contributed by atoms with Crippen molar-refractivity contribution in [1.82, 2.24) is 5.32 Å². The molecule has 2 saturated heterocycles. The summed E-state index contributed by atoms with van der Waals surface area (Å²) in [5.41, 5.74) is 0.329. The molecule has 0 saturated carbocycles. The summed E-state index contributed by atoms with van der Waals surface area (Å²) in [6.07, 6.45) is 3.50. The Hall–Kier alpha value is -1.55. The first-order valence-corrected chi connectivity index (χ1v) is 5.98. The van der Waals surface area contributed by atoms with Crippen LogP contribution in [-0.4, -0.2) is 29.3 Å². The first-order chi connectivity index (χ1) is 8.24. The molecule has 3 rings (SSSR count). The van der Waals surface area contributed by atoms with Crippen molar-refractivity contribution in [3.8, 4) is 5.75 Å². The van der Waals surface area contributed by atoms with E-state index in [1.165, 1.54) is 6.07 Å². The van der Waals surface area contributed by atoms with Crippen molar-refractivity contribution < 1.29 is 14.6 Å². The number of carbonyl (C=O) groups excluding carboxylic acids is 1. The topological polar surface area (TPSA) is 58.6 Å². The zero-order valence-electron chi connectivity index (χ0n) is 9.43. The number of phenolic OH excluding ortho intramolecular Hbond substituents is 1. The van der Waals surface area contributed by atoms with Crippen molar-refractivity contribution in [2.24, 2.45) is 0 Å². The van der Waals surface area contributed by atoms with Gasteiger partial charge in [-0.3, -0.25) is 4.79 Å². The van der Waals surface area contributed by atoms with E-state index in [0.29, 0.717) is 11.7 Å². The molecule has 1 aromatic carbocycles. The van der Waals surface area contributed by atoms with Crippen LogP contribution in [0.5, 0.6) is 5.75 Å². The Bertz CT molecular complexity index is 446. The normalized spacial score (nSPS) is 30.5. The van der Waals surface area contributed by atoms with Gasteiger partial charge in [0.15, 0.2) is 0 Å². The summed E-state index contributed by atoms with van der Waals surface area (Å²) in [5.74, 6) is -0.196. The zero-order chi connectivity index (χ0) is 11.8. The third-order valence-electron chi connectivity index (χ3n) is 3.57. The maximum absolute atomic E-state index is 12.0. The van der Waals surface area contributed by atoms with Crippen molar-refractivity contribution >= 4 is 5.91 Å². The fourth-order valence-corrected chi connectivity index (χ4v) is 2.70. The quantitative estimate of drug-likeness (QED) is 0.812. The SMILES string of the molecule is O=C(NC1CC2CCC1O2)c1ccccc1O. The molecule has 2 aliphatic heterocycles. The molecule has 2 heterocycles. The molecule has 4 heteroatoms. The third-order valence-corrected chi connectivity index (χ3v) is 3.57. The van der Waals surface area contributed by atoms with Crippen LogP contribution >= 0.6 is 0 Å². The number of fused-ring (bicyclic) bond motifs is 2. The van der Waals surface area contributed by atoms with Gasteiger partial charge in [-0.2, -0.15) is 0 Å². The Morgan fingerprint density at radius 1 is 1.35 bits per heavy atom. The number of aromatic hydroxyl groups is 1. The summed E-state index contributed by atoms with van der Waals surface area (Å²) in [6.45, 7) is 0. The Morgan fingerprint density at radius 3 is 2.82 bits per heavy atom. The predicted molar refractivity (Wildman–Crippen MR) is 61.9 cm³/mol. The van der Waals surface area contributed by atoms with Crippen molar-refractivity contribution in [3.05, 3.63) is 29.8 Å². The van der Waals surface area contributed by atoms with E-state index < -0.39 is 0 Å². The number of hydrogen-bond donors (Lipinski definition) is 2. The van der Waals surface area contributed by atoms with Crippen LogP contribution in [0.15, 0.2) is 24.3 Å². The second-order valence-corrected chi connectivity index (χ2v) is 4.71. The fraction of sp³-hybridized carbons (Fsp3) is 0.462. The van der Waals surface area contributed by atoms with E-state index in [-0.39, 0.29) is 23.8 Å². The molecule has 0 aliphatic carbocycles. The summed E-state index contributed by atoms with van der Waals surface area (Å²) in [7, 11) is 0. The molecule has 1 amide bonds. The molecule has 17 heavy (non-hydrogen) atoms. The second-order valence-electron chi connectivity index (χ2n) is 4.71. The monoisotopic (exact) mass is 233 g/mol. The Kier molecular flexibility index (Phi) is 2.52. The summed E-state index contributed by atoms with van der Waals surface area (Å²) < 4.78 is 5.67. The highest BCUT2D eigenvalue weighted by Crippen LogP contribution is 2.34. The van der Waals surface area contributed by atoms with Gasteiger partial charge < -0.3 is 15.2 Å². The van der Waals surface area contributed by atoms with Gasteiger partial charge in [-0.25, -0.2) is 0 Å². The summed E-state index contributed by atoms with van der Waals surface area (Å²) >= 11 is 0. The summed E-state index contributed by atoms with van der Waals surface area (Å²) in [6, 6.07) is 6.68. The molecule has 2 N–H and O–H groups in total. The number of rotatable bonds is 2. The maximum atomic E-state index is 12.0. The fourth-order valence-electron chi connectivity index (χ4n) is 2.70. The predicted octanol–water partition coefficient (Wildman–Crippen LogP) is 1.44. The van der Waals surface area contributed by atoms with Crippen LogP contribution in [0.2, 0.25) is 0 Å². The lowest BCUT2D eigenvalue weighted by Crippen LogP contribution is -2.41. The van der Waals surface area contributed by atoms with E-state index in [1.807, 2.05) is 0 Å². The molecule has 4 nitrogen and oxygen atoms in total. The Labute approximate surface area is 99.6 Å². The van der Waals surface area contributed by atoms with Crippen molar-refractivity contribution in [1.29, 1.82) is 0 Å². The third kappa shape index (κ3) is 1.89. The highest BCUT2D eigenvalue weighted by Gasteiger charge is 2.41. The Balaban J connectivity index is 1.70. The van der Waals surface area contributed by atoms with Crippen LogP contribution in [0.1, 0.15) is 29.6 Å². The van der Waals surface area contributed by atoms with E-state index in [1.54, 1.807) is 18.2 Å². The minimum atomic E-state index is -0.218. The number of para-hydroxylation sites is 1. The highest BCUT2D eigenvalue weighted by atomic mass is 16.5. The Morgan fingerprint density at radius 2 is 2.18 bits per heavy atom. The molecule has 3 unspecified atom stereocenters. The standard InChI is InChI=1S/C13H15NO3/c15-11-4-2-1-3-9(11)13(16)14-10-7-8-5-6-12(10)17-8/h1-4,8,10,12,15H,5-7H2,(H,14,16). The van der Waals surface area contributed by atoms with Gasteiger partial charge in [-0.15, -0.1) is 0 Å². The summed E-state index contributed by atoms with van der Waals surface area (Å²) in [5, 5.41) is 12.5. The average Bonchev–Trinajstić information content (AvgIpc) is 2.91. The van der Waals surface area contributed by atoms with Gasteiger partial charge in [0.1, 0.15) is 5.75 Å². The van der Waals surface area contributed by atoms with Crippen LogP contribution in [0.4, 0.5) is 0 Å². The zero-order valence-corrected chi connectivity index (χ0v) is 9.43. The van der Waals surface area contributed by atoms with Gasteiger partial charge in [0, 0.05) is 0 Å². The number of ether oxygens (including phenoxy) is 1. The molecular weight excluding hydrogens is 218 g/mol. The van der Waals surface area contributed by atoms with Crippen LogP contribution in [0.3, 0.4) is 0 Å². The van der Waals surface area contributed by atoms with Crippen LogP contribution < -0.4 is 5.32 Å². The summed E-state index contributed by atoms with van der Waals surface area (Å²) in [4.78, 5) is 12.0. The lowest BCUT2D eigenvalue weighted by Gasteiger charge is -2.20. The van der Waals surface area contributed by atoms with E-state index in [0.717, 1.165) is 19.3 Å². The van der Waals surface area contributed by atoms with E-state index in [4.69, 9.17) is 4.74 Å². The molecule has 0 aromatic heterocycles. The van der Waals surface area contributed by atoms with Crippen molar-refractivity contribution in [3.63, 3.8) is 0 Å². The van der Waals surface area contributed by atoms with Crippen LogP contribution in [-0.2, 0) is 4.74 Å². The molecular formula is C13H15NO3. The molecule has 90 valence electrons. The van der Waals surface area contributed by atoms with E-state index in [9.17, 15) is 9.90 Å². The first kappa shape index (κ1) is 10.6. The first-order valence-electron chi connectivity index (χ1n) is 5.98. The minimum absolute atomic E-state index is 0.0223. The molecule has 0 spiro atoms. The van der Waals surface area contributed by atoms with E-state index >= 15 is 0 Å². The lowest BCUT2D eigenvalue weighted by atomic mass is 9.95. The average molecular weight is 233 g/mol. The second kappa shape index (κ2) is 4.04. The number of phenols is 1. The van der Waals surface area contributed by atoms with Gasteiger partial charge in [0.25, 0.3) is 5.91 Å². The molecule has 1 aromatic rings. The number of hydrogen-bond acceptors (Lipinski definition) is 3. The highest BCUT2D eigenvalue weighted by molar-refractivity contribution is 5.97. The van der Waals surface area contributed by atoms with E-state index in [2.05, 4.69) is 5.32 Å². The number of benzene rings is 1. The molecule has 3 atom stereocenters. The van der Waals surface area contributed by atoms with Crippen molar-refractivity contribution in [2.45, 2.75) is 37.5 Å². The van der Waals surface area contributed by atoms with Gasteiger partial charge in [0.05, 0.1) is 23.8 Å². The van der Waals surface area contributed by atoms with Gasteiger partial charge in [-0.1, -0.05) is 12.1 Å². The minimum Gasteiger partial charge on any atom is -0.507 e. The molecule has 2 fully saturated rings. The smallest absolute Gasteiger partial charge is 0.255 e. The number of carbonyl (C=O) groups is 1. The van der Waals surface area contributed by atoms with Gasteiger partial charge in [0.2, 0.25) is 0 Å². The number of nitrogens with one attached hydrogen (secondary N) is 1. The largest absolute Gasteiger partial charge is 0.507 e. The maximum Gasteiger partial charge on any atom is 0.255 e. The molecule has 0 radical (unpaired) electrons. The van der Waals surface area contributed by atoms with Gasteiger partial charge >= 0.3 is 0 Å². The van der Waals surface area contributed by atoms with Crippen molar-refractivity contribution in [2.75, 3.05) is 0 Å². The van der Waals surface area contributed by atoms with Gasteiger partial charge in [-0.05, 0) is 31.4 Å².